The van der Waals surface area contributed by atoms with Gasteiger partial charge in [-0.15, -0.1) is 0 Å². The fraction of sp³-hybridized carbons (Fsp3) is 0.667. The Labute approximate surface area is 116 Å². The maximum atomic E-state index is 5.75. The van der Waals surface area contributed by atoms with Crippen LogP contribution in [0.3, 0.4) is 0 Å². The number of aromatic nitrogens is 1. The maximum absolute atomic E-state index is 5.75. The lowest BCUT2D eigenvalue weighted by Gasteiger charge is -2.36. The summed E-state index contributed by atoms with van der Waals surface area (Å²) in [5.74, 6) is 0.943. The van der Waals surface area contributed by atoms with Crippen LogP contribution >= 0.6 is 0 Å². The largest absolute Gasteiger partial charge is 0.382 e. The Morgan fingerprint density at radius 2 is 2.32 bits per heavy atom. The zero-order chi connectivity index (χ0) is 13.7. The summed E-state index contributed by atoms with van der Waals surface area (Å²) >= 11 is 0. The fourth-order valence-electron chi connectivity index (χ4n) is 2.46. The van der Waals surface area contributed by atoms with Crippen LogP contribution in [-0.2, 0) is 4.74 Å². The van der Waals surface area contributed by atoms with Gasteiger partial charge in [-0.05, 0) is 39.2 Å². The zero-order valence-electron chi connectivity index (χ0n) is 12.2. The van der Waals surface area contributed by atoms with Gasteiger partial charge in [0, 0.05) is 37.1 Å². The molecule has 0 saturated carbocycles. The first kappa shape index (κ1) is 14.1. The van der Waals surface area contributed by atoms with E-state index in [2.05, 4.69) is 42.5 Å². The van der Waals surface area contributed by atoms with Crippen molar-refractivity contribution >= 4 is 11.5 Å². The van der Waals surface area contributed by atoms with E-state index in [-0.39, 0.29) is 5.60 Å². The Bertz CT molecular complexity index is 406. The van der Waals surface area contributed by atoms with Gasteiger partial charge < -0.3 is 15.4 Å². The second kappa shape index (κ2) is 6.24. The summed E-state index contributed by atoms with van der Waals surface area (Å²) < 4.78 is 5.75. The van der Waals surface area contributed by atoms with E-state index in [1.54, 1.807) is 0 Å². The van der Waals surface area contributed by atoms with Crippen LogP contribution in [0.4, 0.5) is 11.5 Å². The number of hydrogen-bond acceptors (Lipinski definition) is 4. The predicted octanol–water partition coefficient (Wildman–Crippen LogP) is 3.27. The summed E-state index contributed by atoms with van der Waals surface area (Å²) in [6.07, 6.45) is 5.05. The minimum atomic E-state index is -0.0216. The van der Waals surface area contributed by atoms with Crippen molar-refractivity contribution in [3.63, 3.8) is 0 Å². The highest BCUT2D eigenvalue weighted by molar-refractivity contribution is 5.52. The summed E-state index contributed by atoms with van der Waals surface area (Å²) in [5, 5.41) is 6.91. The highest BCUT2D eigenvalue weighted by atomic mass is 16.5. The lowest BCUT2D eigenvalue weighted by Crippen LogP contribution is -2.40. The van der Waals surface area contributed by atoms with Crippen molar-refractivity contribution < 1.29 is 4.74 Å². The van der Waals surface area contributed by atoms with Gasteiger partial charge in [0.15, 0.2) is 0 Å². The quantitative estimate of drug-likeness (QED) is 0.856. The van der Waals surface area contributed by atoms with Crippen LogP contribution in [0, 0.1) is 0 Å². The Morgan fingerprint density at radius 1 is 1.47 bits per heavy atom. The van der Waals surface area contributed by atoms with Gasteiger partial charge in [0.1, 0.15) is 5.82 Å². The average molecular weight is 263 g/mol. The van der Waals surface area contributed by atoms with E-state index < -0.39 is 0 Å². The number of rotatable bonds is 5. The van der Waals surface area contributed by atoms with Gasteiger partial charge in [0.25, 0.3) is 0 Å². The molecular formula is C15H25N3O. The number of pyridine rings is 1. The number of nitrogens with zero attached hydrogens (tertiary/aromatic N) is 1. The Morgan fingerprint density at radius 3 is 3.05 bits per heavy atom. The SMILES string of the molecule is CCCNc1cc(NC2CCOC(C)(C)C2)ccn1. The highest BCUT2D eigenvalue weighted by Gasteiger charge is 2.28. The molecule has 1 aliphatic heterocycles. The van der Waals surface area contributed by atoms with Crippen LogP contribution < -0.4 is 10.6 Å². The van der Waals surface area contributed by atoms with Gasteiger partial charge in [0.05, 0.1) is 5.60 Å². The Hall–Kier alpha value is -1.29. The van der Waals surface area contributed by atoms with E-state index in [1.807, 2.05) is 12.3 Å². The summed E-state index contributed by atoms with van der Waals surface area (Å²) in [6, 6.07) is 4.59. The Balaban J connectivity index is 1.94. The molecule has 0 spiro atoms. The molecule has 106 valence electrons. The number of nitrogens with one attached hydrogen (secondary N) is 2. The van der Waals surface area contributed by atoms with Crippen LogP contribution in [0.5, 0.6) is 0 Å². The van der Waals surface area contributed by atoms with Crippen molar-refractivity contribution in [3.8, 4) is 0 Å². The Kier molecular flexibility index (Phi) is 4.64. The van der Waals surface area contributed by atoms with Crippen molar-refractivity contribution in [1.29, 1.82) is 0 Å². The molecule has 1 aromatic heterocycles. The lowest BCUT2D eigenvalue weighted by atomic mass is 9.94. The molecule has 1 saturated heterocycles. The normalized spacial score (nSPS) is 21.9. The first-order chi connectivity index (χ1) is 9.09. The van der Waals surface area contributed by atoms with Gasteiger partial charge >= 0.3 is 0 Å². The third-order valence-corrected chi connectivity index (χ3v) is 3.38. The van der Waals surface area contributed by atoms with Crippen LogP contribution in [0.1, 0.15) is 40.0 Å². The van der Waals surface area contributed by atoms with Crippen LogP contribution in [0.25, 0.3) is 0 Å². The molecule has 1 atom stereocenters. The third-order valence-electron chi connectivity index (χ3n) is 3.38. The van der Waals surface area contributed by atoms with Gasteiger partial charge in [-0.25, -0.2) is 4.98 Å². The molecule has 0 amide bonds. The smallest absolute Gasteiger partial charge is 0.127 e. The topological polar surface area (TPSA) is 46.2 Å². The second-order valence-electron chi connectivity index (χ2n) is 5.80. The van der Waals surface area contributed by atoms with Crippen LogP contribution in [0.15, 0.2) is 18.3 Å². The molecule has 4 nitrogen and oxygen atoms in total. The number of anilines is 2. The van der Waals surface area contributed by atoms with Gasteiger partial charge in [0.2, 0.25) is 0 Å². The number of hydrogen-bond donors (Lipinski definition) is 2. The first-order valence-corrected chi connectivity index (χ1v) is 7.19. The van der Waals surface area contributed by atoms with Crippen molar-refractivity contribution in [2.45, 2.75) is 51.7 Å². The summed E-state index contributed by atoms with van der Waals surface area (Å²) in [5.41, 5.74) is 1.11. The molecule has 0 aliphatic carbocycles. The summed E-state index contributed by atoms with van der Waals surface area (Å²) in [6.45, 7) is 8.25. The van der Waals surface area contributed by atoms with E-state index in [0.717, 1.165) is 43.9 Å². The summed E-state index contributed by atoms with van der Waals surface area (Å²) in [7, 11) is 0. The highest BCUT2D eigenvalue weighted by Crippen LogP contribution is 2.26. The van der Waals surface area contributed by atoms with Crippen LogP contribution in [-0.4, -0.2) is 29.8 Å². The van der Waals surface area contributed by atoms with Crippen LogP contribution in [0.2, 0.25) is 0 Å². The molecule has 1 fully saturated rings. The van der Waals surface area contributed by atoms with Crippen molar-refractivity contribution in [3.05, 3.63) is 18.3 Å². The van der Waals surface area contributed by atoms with E-state index >= 15 is 0 Å². The van der Waals surface area contributed by atoms with Gasteiger partial charge in [-0.2, -0.15) is 0 Å². The second-order valence-corrected chi connectivity index (χ2v) is 5.80. The van der Waals surface area contributed by atoms with Crippen molar-refractivity contribution in [2.75, 3.05) is 23.8 Å². The molecule has 2 N–H and O–H groups in total. The predicted molar refractivity (Wildman–Crippen MR) is 79.7 cm³/mol. The molecule has 1 unspecified atom stereocenters. The van der Waals surface area contributed by atoms with Crippen molar-refractivity contribution in [2.24, 2.45) is 0 Å². The molecule has 2 heterocycles. The molecule has 0 aromatic carbocycles. The molecule has 0 bridgehead atoms. The minimum absolute atomic E-state index is 0.0216. The minimum Gasteiger partial charge on any atom is -0.382 e. The van der Waals surface area contributed by atoms with Crippen molar-refractivity contribution in [1.82, 2.24) is 4.98 Å². The zero-order valence-corrected chi connectivity index (χ0v) is 12.2. The fourth-order valence-corrected chi connectivity index (χ4v) is 2.46. The third kappa shape index (κ3) is 4.39. The monoisotopic (exact) mass is 263 g/mol. The average Bonchev–Trinajstić information content (AvgIpc) is 2.35. The van der Waals surface area contributed by atoms with E-state index in [0.29, 0.717) is 6.04 Å². The van der Waals surface area contributed by atoms with E-state index in [9.17, 15) is 0 Å². The summed E-state index contributed by atoms with van der Waals surface area (Å²) in [4.78, 5) is 4.32. The molecule has 0 radical (unpaired) electrons. The van der Waals surface area contributed by atoms with Gasteiger partial charge in [-0.1, -0.05) is 6.92 Å². The molecule has 19 heavy (non-hydrogen) atoms. The molecular weight excluding hydrogens is 238 g/mol. The molecule has 1 aromatic rings. The molecule has 2 rings (SSSR count). The molecule has 1 aliphatic rings. The standard InChI is InChI=1S/C15H25N3O/c1-4-7-16-14-10-12(5-8-17-14)18-13-6-9-19-15(2,3)11-13/h5,8,10,13H,4,6-7,9,11H2,1-3H3,(H2,16,17,18). The number of ether oxygens (including phenoxy) is 1. The molecule has 4 heteroatoms. The van der Waals surface area contributed by atoms with E-state index in [4.69, 9.17) is 4.74 Å². The van der Waals surface area contributed by atoms with Gasteiger partial charge in [-0.3, -0.25) is 0 Å². The van der Waals surface area contributed by atoms with E-state index in [1.165, 1.54) is 0 Å². The lowest BCUT2D eigenvalue weighted by molar-refractivity contribution is -0.0553. The first-order valence-electron chi connectivity index (χ1n) is 7.19. The maximum Gasteiger partial charge on any atom is 0.127 e.